The summed E-state index contributed by atoms with van der Waals surface area (Å²) in [6.45, 7) is 0. The molecule has 0 aliphatic rings. The van der Waals surface area contributed by atoms with Crippen LogP contribution in [0.15, 0.2) is 0 Å². The average molecular weight is 534 g/mol. The second kappa shape index (κ2) is 7.31. The molecule has 0 amide bonds. The second-order valence-electron chi connectivity index (χ2n) is 4.88. The molecular formula is C8F18O4S. The molecule has 0 N–H and O–H groups in total. The Bertz CT molecular complexity index is 747. The Kier molecular flexibility index (Phi) is 6.99. The minimum Gasteiger partial charge on any atom is -0.262 e. The van der Waals surface area contributed by atoms with Crippen molar-refractivity contribution < 1.29 is 96.4 Å². The molecule has 0 saturated carbocycles. The first kappa shape index (κ1) is 29.6. The van der Waals surface area contributed by atoms with Crippen LogP contribution in [0.25, 0.3) is 0 Å². The van der Waals surface area contributed by atoms with E-state index in [4.69, 9.17) is 0 Å². The van der Waals surface area contributed by atoms with E-state index in [0.29, 0.717) is 0 Å². The van der Waals surface area contributed by atoms with Gasteiger partial charge in [0.25, 0.3) is 0 Å². The Morgan fingerprint density at radius 3 is 0.935 bits per heavy atom. The van der Waals surface area contributed by atoms with Gasteiger partial charge in [-0.1, -0.05) is 3.89 Å². The SMILES string of the molecule is O=S(=O)(F)C(F)(F)C(F)(F)OC(F)(C(F)(F)F)C(F)(F)OC(F)(C(F)(F)F)C(F)(F)F. The lowest BCUT2D eigenvalue weighted by Crippen LogP contribution is -2.68. The molecule has 0 rings (SSSR count). The summed E-state index contributed by atoms with van der Waals surface area (Å²) < 4.78 is 248. The van der Waals surface area contributed by atoms with Crippen molar-refractivity contribution >= 4 is 10.2 Å². The molecule has 0 aromatic heterocycles. The van der Waals surface area contributed by atoms with Crippen molar-refractivity contribution in [3.05, 3.63) is 0 Å². The fourth-order valence-electron chi connectivity index (χ4n) is 1.18. The molecule has 0 aromatic carbocycles. The third-order valence-electron chi connectivity index (χ3n) is 2.65. The first-order valence-electron chi connectivity index (χ1n) is 5.97. The molecule has 0 bridgehead atoms. The van der Waals surface area contributed by atoms with Gasteiger partial charge in [0.1, 0.15) is 0 Å². The second-order valence-corrected chi connectivity index (χ2v) is 6.26. The topological polar surface area (TPSA) is 52.6 Å². The summed E-state index contributed by atoms with van der Waals surface area (Å²) in [5.74, 6) is -16.2. The van der Waals surface area contributed by atoms with Crippen molar-refractivity contribution in [1.29, 1.82) is 0 Å². The zero-order valence-electron chi connectivity index (χ0n) is 12.8. The van der Waals surface area contributed by atoms with Gasteiger partial charge in [-0.15, -0.1) is 0 Å². The average Bonchev–Trinajstić information content (AvgIpc) is 2.40. The number of hydrogen-bond acceptors (Lipinski definition) is 4. The van der Waals surface area contributed by atoms with E-state index < -0.39 is 57.9 Å². The standard InChI is InChI=1S/C8F18O4S/c9-1(3(11,12)13,4(14,15)16)29-6(20,21)2(10,5(17,18)19)30-7(22,23)8(24,25)31(26,27)28. The Balaban J connectivity index is 6.80. The molecule has 1 unspecified atom stereocenters. The van der Waals surface area contributed by atoms with Gasteiger partial charge in [0.15, 0.2) is 0 Å². The van der Waals surface area contributed by atoms with E-state index in [9.17, 15) is 86.9 Å². The molecule has 0 heterocycles. The third-order valence-corrected chi connectivity index (χ3v) is 3.50. The van der Waals surface area contributed by atoms with Crippen LogP contribution in [0.2, 0.25) is 0 Å². The molecule has 0 aliphatic heterocycles. The first-order valence-corrected chi connectivity index (χ1v) is 7.35. The van der Waals surface area contributed by atoms with Crippen LogP contribution in [0.3, 0.4) is 0 Å². The van der Waals surface area contributed by atoms with E-state index in [-0.39, 0.29) is 0 Å². The zero-order chi connectivity index (χ0) is 25.9. The van der Waals surface area contributed by atoms with Gasteiger partial charge in [-0.25, -0.2) is 0 Å². The highest BCUT2D eigenvalue weighted by Crippen LogP contribution is 2.57. The lowest BCUT2D eigenvalue weighted by Gasteiger charge is -2.40. The molecule has 1 atom stereocenters. The summed E-state index contributed by atoms with van der Waals surface area (Å²) in [4.78, 5) is 0. The van der Waals surface area contributed by atoms with Crippen LogP contribution in [0, 0.1) is 0 Å². The van der Waals surface area contributed by atoms with Crippen molar-refractivity contribution in [2.45, 2.75) is 47.7 Å². The van der Waals surface area contributed by atoms with Crippen LogP contribution >= 0.6 is 0 Å². The van der Waals surface area contributed by atoms with E-state index >= 15 is 0 Å². The lowest BCUT2D eigenvalue weighted by molar-refractivity contribution is -0.557. The van der Waals surface area contributed by atoms with Gasteiger partial charge in [-0.3, -0.25) is 9.47 Å². The summed E-state index contributed by atoms with van der Waals surface area (Å²) >= 11 is 0. The maximum absolute atomic E-state index is 13.5. The highest BCUT2D eigenvalue weighted by atomic mass is 32.3. The quantitative estimate of drug-likeness (QED) is 0.337. The largest absolute Gasteiger partial charge is 0.464 e. The summed E-state index contributed by atoms with van der Waals surface area (Å²) in [7, 11) is -8.17. The normalized spacial score (nSPS) is 18.1. The summed E-state index contributed by atoms with van der Waals surface area (Å²) in [5.41, 5.74) is 0. The van der Waals surface area contributed by atoms with Crippen LogP contribution in [-0.4, -0.2) is 56.1 Å². The molecule has 0 spiro atoms. The van der Waals surface area contributed by atoms with Crippen LogP contribution in [0.1, 0.15) is 0 Å². The number of hydrogen-bond donors (Lipinski definition) is 0. The fourth-order valence-corrected chi connectivity index (χ4v) is 1.50. The van der Waals surface area contributed by atoms with Gasteiger partial charge in [0.2, 0.25) is 0 Å². The van der Waals surface area contributed by atoms with Crippen LogP contribution in [0.4, 0.5) is 78.5 Å². The van der Waals surface area contributed by atoms with Gasteiger partial charge < -0.3 is 0 Å². The highest BCUT2D eigenvalue weighted by Gasteiger charge is 2.86. The predicted molar refractivity (Wildman–Crippen MR) is 52.9 cm³/mol. The van der Waals surface area contributed by atoms with Crippen LogP contribution in [0.5, 0.6) is 0 Å². The summed E-state index contributed by atoms with van der Waals surface area (Å²) in [5, 5.41) is -7.69. The number of alkyl halides is 17. The minimum absolute atomic E-state index is 1.10. The number of ether oxygens (including phenoxy) is 2. The highest BCUT2D eigenvalue weighted by molar-refractivity contribution is 7.87. The summed E-state index contributed by atoms with van der Waals surface area (Å²) in [6.07, 6.45) is -40.0. The molecule has 0 aliphatic carbocycles. The van der Waals surface area contributed by atoms with E-state index in [1.54, 1.807) is 0 Å². The molecule has 0 aromatic rings. The number of rotatable bonds is 7. The Morgan fingerprint density at radius 1 is 0.452 bits per heavy atom. The molecule has 188 valence electrons. The minimum atomic E-state index is -8.27. The van der Waals surface area contributed by atoms with Gasteiger partial charge in [-0.05, 0) is 0 Å². The molecule has 4 nitrogen and oxygen atoms in total. The first-order chi connectivity index (χ1) is 12.9. The van der Waals surface area contributed by atoms with E-state index in [2.05, 4.69) is 0 Å². The van der Waals surface area contributed by atoms with Crippen molar-refractivity contribution in [1.82, 2.24) is 0 Å². The molecule has 0 fully saturated rings. The van der Waals surface area contributed by atoms with Crippen molar-refractivity contribution in [3.8, 4) is 0 Å². The molecule has 0 radical (unpaired) electrons. The van der Waals surface area contributed by atoms with Gasteiger partial charge >= 0.3 is 57.9 Å². The summed E-state index contributed by atoms with van der Waals surface area (Å²) in [6, 6.07) is 0. The Labute approximate surface area is 155 Å². The maximum Gasteiger partial charge on any atom is 0.464 e. The van der Waals surface area contributed by atoms with E-state index in [1.165, 1.54) is 0 Å². The monoisotopic (exact) mass is 534 g/mol. The fraction of sp³-hybridized carbons (Fsp3) is 1.00. The Morgan fingerprint density at radius 2 is 0.710 bits per heavy atom. The third kappa shape index (κ3) is 4.85. The van der Waals surface area contributed by atoms with Crippen LogP contribution < -0.4 is 0 Å². The smallest absolute Gasteiger partial charge is 0.262 e. The van der Waals surface area contributed by atoms with Gasteiger partial charge in [-0.2, -0.15) is 83.1 Å². The molecule has 23 heteroatoms. The molecular weight excluding hydrogens is 534 g/mol. The Hall–Kier alpha value is -1.39. The van der Waals surface area contributed by atoms with Crippen molar-refractivity contribution in [3.63, 3.8) is 0 Å². The van der Waals surface area contributed by atoms with Crippen LogP contribution in [-0.2, 0) is 19.7 Å². The van der Waals surface area contributed by atoms with Gasteiger partial charge in [0, 0.05) is 0 Å². The van der Waals surface area contributed by atoms with Crippen molar-refractivity contribution in [2.75, 3.05) is 0 Å². The number of halogens is 18. The molecule has 0 saturated heterocycles. The molecule has 31 heavy (non-hydrogen) atoms. The maximum atomic E-state index is 13.5. The van der Waals surface area contributed by atoms with Gasteiger partial charge in [0.05, 0.1) is 0 Å². The van der Waals surface area contributed by atoms with E-state index in [1.807, 2.05) is 0 Å². The zero-order valence-corrected chi connectivity index (χ0v) is 13.7. The van der Waals surface area contributed by atoms with E-state index in [0.717, 1.165) is 9.47 Å². The predicted octanol–water partition coefficient (Wildman–Crippen LogP) is 5.12. The van der Waals surface area contributed by atoms with Crippen molar-refractivity contribution in [2.24, 2.45) is 0 Å². The lowest BCUT2D eigenvalue weighted by atomic mass is 10.2.